The van der Waals surface area contributed by atoms with Gasteiger partial charge in [0.05, 0.1) is 17.0 Å². The van der Waals surface area contributed by atoms with Crippen LogP contribution >= 0.6 is 11.6 Å². The van der Waals surface area contributed by atoms with Gasteiger partial charge in [-0.1, -0.05) is 41.9 Å². The van der Waals surface area contributed by atoms with Crippen LogP contribution < -0.4 is 4.72 Å². The first kappa shape index (κ1) is 20.6. The lowest BCUT2D eigenvalue weighted by Crippen LogP contribution is -2.35. The molecule has 3 rings (SSSR count). The predicted octanol–water partition coefficient (Wildman–Crippen LogP) is 3.06. The molecule has 1 amide bonds. The number of amides is 1. The Morgan fingerprint density at radius 2 is 1.82 bits per heavy atom. The predicted molar refractivity (Wildman–Crippen MR) is 112 cm³/mol. The zero-order chi connectivity index (χ0) is 20.1. The summed E-state index contributed by atoms with van der Waals surface area (Å²) in [5.41, 5.74) is 1.90. The lowest BCUT2D eigenvalue weighted by Gasteiger charge is -2.22. The Bertz CT molecular complexity index is 935. The summed E-state index contributed by atoms with van der Waals surface area (Å²) in [6, 6.07) is 15.0. The van der Waals surface area contributed by atoms with Crippen molar-refractivity contribution in [2.24, 2.45) is 0 Å². The van der Waals surface area contributed by atoms with Crippen LogP contribution in [-0.4, -0.2) is 56.6 Å². The second kappa shape index (κ2) is 8.94. The van der Waals surface area contributed by atoms with Crippen molar-refractivity contribution >= 4 is 33.2 Å². The summed E-state index contributed by atoms with van der Waals surface area (Å²) in [5, 5.41) is 0.256. The number of carbonyl (C=O) groups excluding carboxylic acids is 1. The minimum Gasteiger partial charge on any atom is -0.337 e. The van der Waals surface area contributed by atoms with Gasteiger partial charge in [0.1, 0.15) is 0 Å². The van der Waals surface area contributed by atoms with Gasteiger partial charge in [0.25, 0.3) is 5.91 Å². The highest BCUT2D eigenvalue weighted by Gasteiger charge is 2.21. The van der Waals surface area contributed by atoms with Crippen molar-refractivity contribution < 1.29 is 13.2 Å². The molecule has 150 valence electrons. The topological polar surface area (TPSA) is 69.7 Å². The Labute approximate surface area is 171 Å². The van der Waals surface area contributed by atoms with Crippen LogP contribution in [0.25, 0.3) is 0 Å². The zero-order valence-corrected chi connectivity index (χ0v) is 17.3. The Hall–Kier alpha value is -2.09. The van der Waals surface area contributed by atoms with Crippen molar-refractivity contribution in [2.45, 2.75) is 13.0 Å². The van der Waals surface area contributed by atoms with Gasteiger partial charge in [-0.2, -0.15) is 0 Å². The monoisotopic (exact) mass is 421 g/mol. The molecule has 28 heavy (non-hydrogen) atoms. The van der Waals surface area contributed by atoms with Crippen molar-refractivity contribution in [3.8, 4) is 0 Å². The van der Waals surface area contributed by atoms with Gasteiger partial charge < -0.3 is 4.90 Å². The minimum absolute atomic E-state index is 0.116. The summed E-state index contributed by atoms with van der Waals surface area (Å²) in [5.74, 6) is -0.116. The van der Waals surface area contributed by atoms with E-state index >= 15 is 0 Å². The fourth-order valence-corrected chi connectivity index (χ4v) is 4.08. The smallest absolute Gasteiger partial charge is 0.253 e. The molecule has 1 saturated heterocycles. The highest BCUT2D eigenvalue weighted by Crippen LogP contribution is 2.25. The summed E-state index contributed by atoms with van der Waals surface area (Å²) in [7, 11) is -3.48. The molecular weight excluding hydrogens is 398 g/mol. The van der Waals surface area contributed by atoms with Gasteiger partial charge in [0, 0.05) is 38.3 Å². The molecule has 1 fully saturated rings. The molecule has 0 spiro atoms. The largest absolute Gasteiger partial charge is 0.337 e. The second-order valence-corrected chi connectivity index (χ2v) is 9.13. The molecule has 6 nitrogen and oxygen atoms in total. The first-order chi connectivity index (χ1) is 13.3. The molecule has 1 aliphatic rings. The van der Waals surface area contributed by atoms with Gasteiger partial charge >= 0.3 is 0 Å². The standard InChI is InChI=1S/C20H24ClN3O3S/c1-28(26,27)22-19-14-17(8-9-18(19)21)20(25)24-11-5-10-23(12-13-24)15-16-6-3-2-4-7-16/h2-4,6-9,14,22H,5,10-13,15H2,1H3. The van der Waals surface area contributed by atoms with Crippen molar-refractivity contribution in [2.75, 3.05) is 37.2 Å². The summed E-state index contributed by atoms with van der Waals surface area (Å²) >= 11 is 6.06. The van der Waals surface area contributed by atoms with Crippen molar-refractivity contribution in [1.29, 1.82) is 0 Å². The quantitative estimate of drug-likeness (QED) is 0.805. The maximum absolute atomic E-state index is 12.9. The molecule has 8 heteroatoms. The minimum atomic E-state index is -3.48. The Balaban J connectivity index is 1.67. The van der Waals surface area contributed by atoms with E-state index in [0.717, 1.165) is 32.3 Å². The van der Waals surface area contributed by atoms with E-state index in [0.29, 0.717) is 18.7 Å². The summed E-state index contributed by atoms with van der Waals surface area (Å²) in [4.78, 5) is 17.1. The summed E-state index contributed by atoms with van der Waals surface area (Å²) < 4.78 is 25.3. The van der Waals surface area contributed by atoms with E-state index in [2.05, 4.69) is 21.8 Å². The number of sulfonamides is 1. The van der Waals surface area contributed by atoms with Crippen LogP contribution in [0.4, 0.5) is 5.69 Å². The van der Waals surface area contributed by atoms with Gasteiger partial charge in [-0.15, -0.1) is 0 Å². The fraction of sp³-hybridized carbons (Fsp3) is 0.350. The highest BCUT2D eigenvalue weighted by atomic mass is 35.5. The number of hydrogen-bond donors (Lipinski definition) is 1. The zero-order valence-electron chi connectivity index (χ0n) is 15.8. The van der Waals surface area contributed by atoms with E-state index < -0.39 is 10.0 Å². The number of nitrogens with one attached hydrogen (secondary N) is 1. The molecule has 0 aromatic heterocycles. The fourth-order valence-electron chi connectivity index (χ4n) is 3.29. The average Bonchev–Trinajstić information content (AvgIpc) is 2.88. The van der Waals surface area contributed by atoms with Gasteiger partial charge in [-0.25, -0.2) is 8.42 Å². The van der Waals surface area contributed by atoms with E-state index in [-0.39, 0.29) is 16.6 Å². The lowest BCUT2D eigenvalue weighted by atomic mass is 10.1. The second-order valence-electron chi connectivity index (χ2n) is 6.98. The van der Waals surface area contributed by atoms with E-state index in [1.54, 1.807) is 12.1 Å². The van der Waals surface area contributed by atoms with Crippen LogP contribution in [0.1, 0.15) is 22.3 Å². The number of carbonyl (C=O) groups is 1. The molecule has 2 aromatic rings. The first-order valence-corrected chi connectivity index (χ1v) is 11.4. The third kappa shape index (κ3) is 5.70. The highest BCUT2D eigenvalue weighted by molar-refractivity contribution is 7.92. The molecule has 0 saturated carbocycles. The molecule has 0 unspecified atom stereocenters. The first-order valence-electron chi connectivity index (χ1n) is 9.15. The number of nitrogens with zero attached hydrogens (tertiary/aromatic N) is 2. The molecule has 0 bridgehead atoms. The van der Waals surface area contributed by atoms with Gasteiger partial charge in [0.2, 0.25) is 10.0 Å². The Kier molecular flexibility index (Phi) is 6.59. The van der Waals surface area contributed by atoms with Crippen LogP contribution in [0.5, 0.6) is 0 Å². The number of halogens is 1. The van der Waals surface area contributed by atoms with E-state index in [1.165, 1.54) is 11.6 Å². The number of rotatable bonds is 5. The average molecular weight is 422 g/mol. The third-order valence-electron chi connectivity index (χ3n) is 4.63. The summed E-state index contributed by atoms with van der Waals surface area (Å²) in [6.07, 6.45) is 1.94. The van der Waals surface area contributed by atoms with Crippen molar-refractivity contribution in [3.05, 3.63) is 64.7 Å². The van der Waals surface area contributed by atoms with Crippen molar-refractivity contribution in [1.82, 2.24) is 9.80 Å². The number of benzene rings is 2. The molecule has 1 heterocycles. The molecule has 0 atom stereocenters. The van der Waals surface area contributed by atoms with E-state index in [4.69, 9.17) is 11.6 Å². The van der Waals surface area contributed by atoms with Gasteiger partial charge in [-0.3, -0.25) is 14.4 Å². The molecule has 0 radical (unpaired) electrons. The summed E-state index contributed by atoms with van der Waals surface area (Å²) in [6.45, 7) is 3.89. The van der Waals surface area contributed by atoms with Crippen LogP contribution in [0.2, 0.25) is 5.02 Å². The van der Waals surface area contributed by atoms with Crippen LogP contribution in [-0.2, 0) is 16.6 Å². The Morgan fingerprint density at radius 3 is 2.54 bits per heavy atom. The maximum atomic E-state index is 12.9. The maximum Gasteiger partial charge on any atom is 0.253 e. The molecule has 0 aliphatic carbocycles. The number of anilines is 1. The van der Waals surface area contributed by atoms with Crippen LogP contribution in [0, 0.1) is 0 Å². The molecule has 2 aromatic carbocycles. The van der Waals surface area contributed by atoms with E-state index in [9.17, 15) is 13.2 Å². The Morgan fingerprint density at radius 1 is 1.07 bits per heavy atom. The molecular formula is C20H24ClN3O3S. The van der Waals surface area contributed by atoms with Crippen LogP contribution in [0.3, 0.4) is 0 Å². The van der Waals surface area contributed by atoms with Gasteiger partial charge in [0.15, 0.2) is 0 Å². The van der Waals surface area contributed by atoms with E-state index in [1.807, 2.05) is 23.1 Å². The normalized spacial score (nSPS) is 15.9. The third-order valence-corrected chi connectivity index (χ3v) is 5.55. The SMILES string of the molecule is CS(=O)(=O)Nc1cc(C(=O)N2CCCN(Cc3ccccc3)CC2)ccc1Cl. The number of hydrogen-bond acceptors (Lipinski definition) is 4. The van der Waals surface area contributed by atoms with Gasteiger partial charge in [-0.05, 0) is 30.2 Å². The van der Waals surface area contributed by atoms with Crippen molar-refractivity contribution in [3.63, 3.8) is 0 Å². The van der Waals surface area contributed by atoms with Crippen LogP contribution in [0.15, 0.2) is 48.5 Å². The lowest BCUT2D eigenvalue weighted by molar-refractivity contribution is 0.0761. The molecule has 1 aliphatic heterocycles. The molecule has 1 N–H and O–H groups in total.